The smallest absolute Gasteiger partial charge is 0.338 e. The lowest BCUT2D eigenvalue weighted by atomic mass is 10.2. The van der Waals surface area contributed by atoms with E-state index in [1.165, 1.54) is 6.20 Å². The molecule has 2 aromatic rings. The number of tetrazole rings is 1. The Balaban J connectivity index is 2.02. The number of nitriles is 1. The van der Waals surface area contributed by atoms with Crippen molar-refractivity contribution in [2.45, 2.75) is 13.3 Å². The van der Waals surface area contributed by atoms with E-state index in [4.69, 9.17) is 10.00 Å². The molecule has 2 N–H and O–H groups in total. The molecule has 0 radical (unpaired) electrons. The van der Waals surface area contributed by atoms with Crippen LogP contribution in [0.25, 0.3) is 5.57 Å². The summed E-state index contributed by atoms with van der Waals surface area (Å²) in [5.41, 5.74) is 1.42. The Labute approximate surface area is 126 Å². The number of esters is 1. The number of carbonyl (C=O) groups excluding carboxylic acids is 1. The van der Waals surface area contributed by atoms with Crippen LogP contribution in [0.3, 0.4) is 0 Å². The van der Waals surface area contributed by atoms with E-state index in [9.17, 15) is 4.79 Å². The molecule has 8 nitrogen and oxygen atoms in total. The third-order valence-electron chi connectivity index (χ3n) is 2.65. The molecule has 0 saturated carbocycles. The number of benzene rings is 1. The first-order valence-corrected chi connectivity index (χ1v) is 6.62. The third-order valence-corrected chi connectivity index (χ3v) is 2.65. The predicted molar refractivity (Wildman–Crippen MR) is 78.4 cm³/mol. The molecule has 0 amide bonds. The zero-order valence-electron chi connectivity index (χ0n) is 11.9. The first kappa shape index (κ1) is 15.2. The molecule has 0 spiro atoms. The van der Waals surface area contributed by atoms with Crippen LogP contribution in [0, 0.1) is 11.3 Å². The van der Waals surface area contributed by atoms with Crippen LogP contribution in [0.2, 0.25) is 0 Å². The van der Waals surface area contributed by atoms with Crippen molar-refractivity contribution in [3.8, 4) is 6.07 Å². The highest BCUT2D eigenvalue weighted by Crippen LogP contribution is 2.13. The van der Waals surface area contributed by atoms with Crippen molar-refractivity contribution < 1.29 is 9.53 Å². The van der Waals surface area contributed by atoms with Crippen LogP contribution in [0.4, 0.5) is 5.69 Å². The molecule has 0 fully saturated rings. The van der Waals surface area contributed by atoms with Gasteiger partial charge in [-0.15, -0.1) is 10.2 Å². The Hall–Kier alpha value is -3.21. The fourth-order valence-corrected chi connectivity index (χ4v) is 1.56. The highest BCUT2D eigenvalue weighted by Gasteiger charge is 2.07. The number of hydrogen-bond acceptors (Lipinski definition) is 7. The zero-order chi connectivity index (χ0) is 15.8. The van der Waals surface area contributed by atoms with Gasteiger partial charge >= 0.3 is 5.97 Å². The molecule has 1 aromatic heterocycles. The summed E-state index contributed by atoms with van der Waals surface area (Å²) in [5.74, 6) is -0.150. The lowest BCUT2D eigenvalue weighted by Crippen LogP contribution is -2.05. The molecule has 0 atom stereocenters. The van der Waals surface area contributed by atoms with Gasteiger partial charge in [0.1, 0.15) is 11.6 Å². The van der Waals surface area contributed by atoms with E-state index in [1.54, 1.807) is 24.3 Å². The van der Waals surface area contributed by atoms with E-state index in [0.717, 1.165) is 6.42 Å². The average Bonchev–Trinajstić information content (AvgIpc) is 3.08. The third kappa shape index (κ3) is 3.89. The molecule has 0 aliphatic rings. The molecule has 1 heterocycles. The van der Waals surface area contributed by atoms with E-state index >= 15 is 0 Å². The van der Waals surface area contributed by atoms with Crippen LogP contribution in [0.5, 0.6) is 0 Å². The number of ether oxygens (including phenoxy) is 1. The van der Waals surface area contributed by atoms with E-state index in [2.05, 4.69) is 25.9 Å². The minimum absolute atomic E-state index is 0.203. The summed E-state index contributed by atoms with van der Waals surface area (Å²) in [7, 11) is 0. The first-order chi connectivity index (χ1) is 10.7. The number of carbonyl (C=O) groups is 1. The summed E-state index contributed by atoms with van der Waals surface area (Å²) in [6.45, 7) is 2.33. The van der Waals surface area contributed by atoms with Crippen molar-refractivity contribution in [2.24, 2.45) is 0 Å². The first-order valence-electron chi connectivity index (χ1n) is 6.62. The van der Waals surface area contributed by atoms with E-state index in [1.807, 2.05) is 13.0 Å². The zero-order valence-corrected chi connectivity index (χ0v) is 11.9. The van der Waals surface area contributed by atoms with Crippen LogP contribution < -0.4 is 5.32 Å². The van der Waals surface area contributed by atoms with Gasteiger partial charge in [0.15, 0.2) is 0 Å². The minimum atomic E-state index is -0.353. The second-order valence-electron chi connectivity index (χ2n) is 4.26. The summed E-state index contributed by atoms with van der Waals surface area (Å²) in [6, 6.07) is 8.69. The Bertz CT molecular complexity index is 685. The standard InChI is InChI=1S/C14H14N6O2/c1-2-7-22-14(21)10-3-5-12(6-4-10)16-9-11(8-15)13-17-19-20-18-13/h3-6,9,16H,2,7H2,1H3,(H,17,18,19,20). The molecule has 1 aromatic carbocycles. The van der Waals surface area contributed by atoms with Crippen LogP contribution >= 0.6 is 0 Å². The summed E-state index contributed by atoms with van der Waals surface area (Å²) >= 11 is 0. The molecular formula is C14H14N6O2. The van der Waals surface area contributed by atoms with Crippen molar-refractivity contribution in [1.82, 2.24) is 20.6 Å². The maximum Gasteiger partial charge on any atom is 0.338 e. The van der Waals surface area contributed by atoms with Gasteiger partial charge in [-0.2, -0.15) is 10.5 Å². The molecule has 8 heteroatoms. The average molecular weight is 298 g/mol. The Kier molecular flexibility index (Phi) is 5.20. The Morgan fingerprint density at radius 3 is 2.82 bits per heavy atom. The fourth-order valence-electron chi connectivity index (χ4n) is 1.56. The minimum Gasteiger partial charge on any atom is -0.462 e. The van der Waals surface area contributed by atoms with E-state index < -0.39 is 0 Å². The van der Waals surface area contributed by atoms with Crippen molar-refractivity contribution in [1.29, 1.82) is 5.26 Å². The second kappa shape index (κ2) is 7.54. The van der Waals surface area contributed by atoms with Crippen LogP contribution in [0.15, 0.2) is 30.5 Å². The number of aromatic nitrogens is 4. The Morgan fingerprint density at radius 1 is 1.45 bits per heavy atom. The van der Waals surface area contributed by atoms with Gasteiger partial charge in [0.05, 0.1) is 12.2 Å². The topological polar surface area (TPSA) is 117 Å². The SMILES string of the molecule is CCCOC(=O)c1ccc(NC=C(C#N)c2nn[nH]n2)cc1. The molecular weight excluding hydrogens is 284 g/mol. The molecule has 0 unspecified atom stereocenters. The number of hydrogen-bond donors (Lipinski definition) is 2. The van der Waals surface area contributed by atoms with E-state index in [-0.39, 0.29) is 17.4 Å². The highest BCUT2D eigenvalue weighted by atomic mass is 16.5. The highest BCUT2D eigenvalue weighted by molar-refractivity contribution is 5.89. The summed E-state index contributed by atoms with van der Waals surface area (Å²) in [4.78, 5) is 11.7. The summed E-state index contributed by atoms with van der Waals surface area (Å²) in [5, 5.41) is 25.1. The Morgan fingerprint density at radius 2 is 2.23 bits per heavy atom. The molecule has 112 valence electrons. The summed E-state index contributed by atoms with van der Waals surface area (Å²) < 4.78 is 5.04. The van der Waals surface area contributed by atoms with Crippen LogP contribution in [-0.2, 0) is 4.74 Å². The maximum atomic E-state index is 11.7. The molecule has 2 rings (SSSR count). The number of nitrogens with zero attached hydrogens (tertiary/aromatic N) is 4. The van der Waals surface area contributed by atoms with Crippen molar-refractivity contribution in [3.05, 3.63) is 41.9 Å². The number of anilines is 1. The van der Waals surface area contributed by atoms with Gasteiger partial charge in [0.2, 0.25) is 5.82 Å². The largest absolute Gasteiger partial charge is 0.462 e. The van der Waals surface area contributed by atoms with Gasteiger partial charge < -0.3 is 10.1 Å². The van der Waals surface area contributed by atoms with Gasteiger partial charge in [-0.3, -0.25) is 0 Å². The van der Waals surface area contributed by atoms with Gasteiger partial charge in [-0.05, 0) is 35.9 Å². The molecule has 0 saturated heterocycles. The van der Waals surface area contributed by atoms with Crippen molar-refractivity contribution in [3.63, 3.8) is 0 Å². The lowest BCUT2D eigenvalue weighted by Gasteiger charge is -2.05. The number of nitrogens with one attached hydrogen (secondary N) is 2. The normalized spacial score (nSPS) is 10.8. The van der Waals surface area contributed by atoms with Crippen molar-refractivity contribution in [2.75, 3.05) is 11.9 Å². The summed E-state index contributed by atoms with van der Waals surface area (Å²) in [6.07, 6.45) is 2.25. The number of allylic oxidation sites excluding steroid dienone is 1. The number of H-pyrrole nitrogens is 1. The molecule has 22 heavy (non-hydrogen) atoms. The fraction of sp³-hybridized carbons (Fsp3) is 0.214. The van der Waals surface area contributed by atoms with Crippen molar-refractivity contribution >= 4 is 17.2 Å². The van der Waals surface area contributed by atoms with Gasteiger partial charge in [-0.25, -0.2) is 4.79 Å². The molecule has 0 aliphatic carbocycles. The molecule has 0 aliphatic heterocycles. The number of aromatic amines is 1. The number of rotatable bonds is 6. The monoisotopic (exact) mass is 298 g/mol. The van der Waals surface area contributed by atoms with Gasteiger partial charge in [0.25, 0.3) is 0 Å². The lowest BCUT2D eigenvalue weighted by molar-refractivity contribution is 0.0505. The van der Waals surface area contributed by atoms with Gasteiger partial charge in [-0.1, -0.05) is 6.92 Å². The van der Waals surface area contributed by atoms with E-state index in [0.29, 0.717) is 17.9 Å². The van der Waals surface area contributed by atoms with Crippen LogP contribution in [0.1, 0.15) is 29.5 Å². The second-order valence-corrected chi connectivity index (χ2v) is 4.26. The maximum absolute atomic E-state index is 11.7. The quantitative estimate of drug-likeness (QED) is 0.616. The molecule has 0 bridgehead atoms. The van der Waals surface area contributed by atoms with Crippen LogP contribution in [-0.4, -0.2) is 33.2 Å². The predicted octanol–water partition coefficient (Wildman–Crippen LogP) is 1.74. The van der Waals surface area contributed by atoms with Gasteiger partial charge in [0, 0.05) is 11.9 Å².